The molecular formula is C10H14N2O3. The zero-order valence-corrected chi connectivity index (χ0v) is 8.60. The number of ether oxygens (including phenoxy) is 2. The maximum Gasteiger partial charge on any atom is 0.340 e. The first-order valence-corrected chi connectivity index (χ1v) is 4.61. The Hall–Kier alpha value is -1.62. The van der Waals surface area contributed by atoms with Crippen LogP contribution in [0.15, 0.2) is 18.5 Å². The number of nitrogen functional groups attached to an aromatic ring is 1. The summed E-state index contributed by atoms with van der Waals surface area (Å²) >= 11 is 0. The van der Waals surface area contributed by atoms with Crippen LogP contribution in [0.5, 0.6) is 0 Å². The van der Waals surface area contributed by atoms with Gasteiger partial charge in [0, 0.05) is 26.3 Å². The molecule has 0 atom stereocenters. The Morgan fingerprint density at radius 1 is 1.53 bits per heavy atom. The molecule has 82 valence electrons. The second kappa shape index (κ2) is 5.98. The molecule has 0 saturated heterocycles. The number of carbonyl (C=O) groups is 1. The summed E-state index contributed by atoms with van der Waals surface area (Å²) in [5.74, 6) is -0.425. The average Bonchev–Trinajstić information content (AvgIpc) is 2.25. The Kier molecular flexibility index (Phi) is 4.56. The average molecular weight is 210 g/mol. The van der Waals surface area contributed by atoms with Crippen molar-refractivity contribution in [2.75, 3.05) is 26.1 Å². The molecule has 1 aromatic rings. The molecule has 0 amide bonds. The lowest BCUT2D eigenvalue weighted by molar-refractivity contribution is 0.0469. The molecular weight excluding hydrogens is 196 g/mol. The highest BCUT2D eigenvalue weighted by Gasteiger charge is 2.09. The van der Waals surface area contributed by atoms with Gasteiger partial charge in [0.05, 0.1) is 24.1 Å². The highest BCUT2D eigenvalue weighted by atomic mass is 16.5. The van der Waals surface area contributed by atoms with E-state index in [0.29, 0.717) is 30.9 Å². The van der Waals surface area contributed by atoms with E-state index in [9.17, 15) is 4.79 Å². The number of esters is 1. The highest BCUT2D eigenvalue weighted by molar-refractivity contribution is 5.94. The van der Waals surface area contributed by atoms with Gasteiger partial charge in [0.1, 0.15) is 0 Å². The van der Waals surface area contributed by atoms with Crippen molar-refractivity contribution in [2.45, 2.75) is 6.42 Å². The monoisotopic (exact) mass is 210 g/mol. The molecule has 0 aliphatic heterocycles. The number of hydrogen-bond acceptors (Lipinski definition) is 5. The van der Waals surface area contributed by atoms with E-state index in [1.54, 1.807) is 7.11 Å². The Morgan fingerprint density at radius 2 is 2.33 bits per heavy atom. The largest absolute Gasteiger partial charge is 0.462 e. The van der Waals surface area contributed by atoms with Gasteiger partial charge in [-0.2, -0.15) is 0 Å². The molecule has 0 saturated carbocycles. The zero-order valence-electron chi connectivity index (χ0n) is 8.60. The molecule has 0 aliphatic carbocycles. The summed E-state index contributed by atoms with van der Waals surface area (Å²) in [7, 11) is 1.60. The first-order valence-electron chi connectivity index (χ1n) is 4.61. The van der Waals surface area contributed by atoms with E-state index in [1.807, 2.05) is 0 Å². The van der Waals surface area contributed by atoms with Crippen LogP contribution in [-0.2, 0) is 9.47 Å². The lowest BCUT2D eigenvalue weighted by Crippen LogP contribution is -2.10. The van der Waals surface area contributed by atoms with Crippen molar-refractivity contribution < 1.29 is 14.3 Å². The molecule has 0 aliphatic rings. The van der Waals surface area contributed by atoms with E-state index in [1.165, 1.54) is 18.5 Å². The first kappa shape index (κ1) is 11.5. The van der Waals surface area contributed by atoms with Crippen molar-refractivity contribution in [3.05, 3.63) is 24.0 Å². The second-order valence-electron chi connectivity index (χ2n) is 2.95. The van der Waals surface area contributed by atoms with Crippen molar-refractivity contribution in [1.82, 2.24) is 4.98 Å². The number of carbonyl (C=O) groups excluding carboxylic acids is 1. The number of nitrogens with two attached hydrogens (primary N) is 1. The number of rotatable bonds is 5. The van der Waals surface area contributed by atoms with E-state index >= 15 is 0 Å². The summed E-state index contributed by atoms with van der Waals surface area (Å²) in [6.45, 7) is 0.896. The molecule has 0 fully saturated rings. The van der Waals surface area contributed by atoms with Crippen LogP contribution < -0.4 is 5.73 Å². The van der Waals surface area contributed by atoms with Gasteiger partial charge in [0.2, 0.25) is 0 Å². The molecule has 0 aromatic carbocycles. The number of pyridine rings is 1. The van der Waals surface area contributed by atoms with Crippen molar-refractivity contribution >= 4 is 11.7 Å². The minimum atomic E-state index is -0.425. The molecule has 1 heterocycles. The van der Waals surface area contributed by atoms with E-state index < -0.39 is 5.97 Å². The Morgan fingerprint density at radius 3 is 3.00 bits per heavy atom. The van der Waals surface area contributed by atoms with Crippen molar-refractivity contribution in [3.8, 4) is 0 Å². The molecule has 0 spiro atoms. The molecule has 1 rings (SSSR count). The third-order valence-corrected chi connectivity index (χ3v) is 1.80. The van der Waals surface area contributed by atoms with Crippen LogP contribution in [0.3, 0.4) is 0 Å². The summed E-state index contributed by atoms with van der Waals surface area (Å²) in [4.78, 5) is 15.2. The van der Waals surface area contributed by atoms with Gasteiger partial charge < -0.3 is 15.2 Å². The Balaban J connectivity index is 2.44. The third-order valence-electron chi connectivity index (χ3n) is 1.80. The van der Waals surface area contributed by atoms with Crippen LogP contribution in [0.4, 0.5) is 5.69 Å². The molecule has 1 aromatic heterocycles. The maximum atomic E-state index is 11.5. The molecule has 5 nitrogen and oxygen atoms in total. The topological polar surface area (TPSA) is 74.4 Å². The fourth-order valence-electron chi connectivity index (χ4n) is 1.04. The van der Waals surface area contributed by atoms with Gasteiger partial charge in [0.25, 0.3) is 0 Å². The molecule has 0 radical (unpaired) electrons. The minimum absolute atomic E-state index is 0.328. The summed E-state index contributed by atoms with van der Waals surface area (Å²) in [6, 6.07) is 1.54. The normalized spacial score (nSPS) is 9.93. The van der Waals surface area contributed by atoms with Gasteiger partial charge in [-0.15, -0.1) is 0 Å². The molecule has 15 heavy (non-hydrogen) atoms. The SMILES string of the molecule is COCCCOC(=O)c1ccncc1N. The quantitative estimate of drug-likeness (QED) is 0.576. The van der Waals surface area contributed by atoms with Crippen molar-refractivity contribution in [3.63, 3.8) is 0 Å². The molecule has 0 bridgehead atoms. The summed E-state index contributed by atoms with van der Waals surface area (Å²) in [5.41, 5.74) is 6.24. The molecule has 5 heteroatoms. The number of hydrogen-bond donors (Lipinski definition) is 1. The van der Waals surface area contributed by atoms with E-state index in [0.717, 1.165) is 0 Å². The predicted octanol–water partition coefficient (Wildman–Crippen LogP) is 0.857. The lowest BCUT2D eigenvalue weighted by atomic mass is 10.2. The van der Waals surface area contributed by atoms with Crippen LogP contribution >= 0.6 is 0 Å². The van der Waals surface area contributed by atoms with Crippen molar-refractivity contribution in [1.29, 1.82) is 0 Å². The Bertz CT molecular complexity index is 328. The van der Waals surface area contributed by atoms with E-state index in [4.69, 9.17) is 15.2 Å². The maximum absolute atomic E-state index is 11.5. The summed E-state index contributed by atoms with van der Waals surface area (Å²) < 4.78 is 9.81. The summed E-state index contributed by atoms with van der Waals surface area (Å²) in [5, 5.41) is 0. The van der Waals surface area contributed by atoms with Gasteiger partial charge in [-0.1, -0.05) is 0 Å². The van der Waals surface area contributed by atoms with Crippen LogP contribution in [0.1, 0.15) is 16.8 Å². The second-order valence-corrected chi connectivity index (χ2v) is 2.95. The number of nitrogens with zero attached hydrogens (tertiary/aromatic N) is 1. The van der Waals surface area contributed by atoms with Gasteiger partial charge in [0.15, 0.2) is 0 Å². The van der Waals surface area contributed by atoms with E-state index in [2.05, 4.69) is 4.98 Å². The Labute approximate surface area is 88.2 Å². The zero-order chi connectivity index (χ0) is 11.1. The first-order chi connectivity index (χ1) is 7.25. The van der Waals surface area contributed by atoms with Gasteiger partial charge >= 0.3 is 5.97 Å². The van der Waals surface area contributed by atoms with Crippen LogP contribution in [0.2, 0.25) is 0 Å². The smallest absolute Gasteiger partial charge is 0.340 e. The van der Waals surface area contributed by atoms with Crippen LogP contribution in [-0.4, -0.2) is 31.3 Å². The van der Waals surface area contributed by atoms with Crippen LogP contribution in [0, 0.1) is 0 Å². The van der Waals surface area contributed by atoms with Crippen molar-refractivity contribution in [2.24, 2.45) is 0 Å². The molecule has 0 unspecified atom stereocenters. The number of aromatic nitrogens is 1. The van der Waals surface area contributed by atoms with Gasteiger partial charge in [-0.25, -0.2) is 4.79 Å². The predicted molar refractivity (Wildman–Crippen MR) is 55.4 cm³/mol. The number of methoxy groups -OCH3 is 1. The lowest BCUT2D eigenvalue weighted by Gasteiger charge is -2.05. The molecule has 2 N–H and O–H groups in total. The summed E-state index contributed by atoms with van der Waals surface area (Å²) in [6.07, 6.45) is 3.60. The van der Waals surface area contributed by atoms with Gasteiger partial charge in [-0.3, -0.25) is 4.98 Å². The van der Waals surface area contributed by atoms with Crippen LogP contribution in [0.25, 0.3) is 0 Å². The standard InChI is InChI=1S/C10H14N2O3/c1-14-5-2-6-15-10(13)8-3-4-12-7-9(8)11/h3-4,7H,2,5-6,11H2,1H3. The number of anilines is 1. The third kappa shape index (κ3) is 3.55. The van der Waals surface area contributed by atoms with Gasteiger partial charge in [-0.05, 0) is 6.07 Å². The fraction of sp³-hybridized carbons (Fsp3) is 0.400. The minimum Gasteiger partial charge on any atom is -0.462 e. The fourth-order valence-corrected chi connectivity index (χ4v) is 1.04. The van der Waals surface area contributed by atoms with E-state index in [-0.39, 0.29) is 0 Å². The highest BCUT2D eigenvalue weighted by Crippen LogP contribution is 2.09.